The minimum atomic E-state index is 0.125. The van der Waals surface area contributed by atoms with E-state index in [0.29, 0.717) is 6.04 Å². The van der Waals surface area contributed by atoms with E-state index in [4.69, 9.17) is 5.11 Å². The maximum atomic E-state index is 8.95. The third kappa shape index (κ3) is 4.11. The van der Waals surface area contributed by atoms with Gasteiger partial charge in [-0.1, -0.05) is 30.7 Å². The predicted octanol–water partition coefficient (Wildman–Crippen LogP) is 1.41. The third-order valence-electron chi connectivity index (χ3n) is 3.34. The summed E-state index contributed by atoms with van der Waals surface area (Å²) in [6.07, 6.45) is 3.96. The minimum Gasteiger partial charge on any atom is -0.392 e. The van der Waals surface area contributed by atoms with Crippen molar-refractivity contribution in [1.29, 1.82) is 0 Å². The predicted molar refractivity (Wildman–Crippen MR) is 69.7 cm³/mol. The van der Waals surface area contributed by atoms with Crippen molar-refractivity contribution < 1.29 is 5.11 Å². The maximum absolute atomic E-state index is 8.95. The van der Waals surface area contributed by atoms with Gasteiger partial charge in [0, 0.05) is 19.1 Å². The SMILES string of the molecule is OCc1ccc(CNCC2CCCCN2)cc1. The minimum absolute atomic E-state index is 0.125. The Labute approximate surface area is 103 Å². The van der Waals surface area contributed by atoms with Crippen molar-refractivity contribution in [1.82, 2.24) is 10.6 Å². The molecule has 1 unspecified atom stereocenters. The van der Waals surface area contributed by atoms with Gasteiger partial charge in [0.2, 0.25) is 0 Å². The van der Waals surface area contributed by atoms with Gasteiger partial charge in [-0.15, -0.1) is 0 Å². The number of benzene rings is 1. The molecule has 0 spiro atoms. The van der Waals surface area contributed by atoms with Crippen LogP contribution in [0.15, 0.2) is 24.3 Å². The van der Waals surface area contributed by atoms with Gasteiger partial charge >= 0.3 is 0 Å². The topological polar surface area (TPSA) is 44.3 Å². The Balaban J connectivity index is 1.69. The Bertz CT molecular complexity index is 317. The highest BCUT2D eigenvalue weighted by Crippen LogP contribution is 2.07. The molecule has 3 heteroatoms. The number of hydrogen-bond donors (Lipinski definition) is 3. The number of aliphatic hydroxyl groups is 1. The molecule has 0 aromatic heterocycles. The smallest absolute Gasteiger partial charge is 0.0681 e. The van der Waals surface area contributed by atoms with Gasteiger partial charge < -0.3 is 15.7 Å². The number of hydrogen-bond acceptors (Lipinski definition) is 3. The molecule has 3 nitrogen and oxygen atoms in total. The highest BCUT2D eigenvalue weighted by atomic mass is 16.3. The van der Waals surface area contributed by atoms with E-state index in [-0.39, 0.29) is 6.61 Å². The average molecular weight is 234 g/mol. The molecule has 1 aliphatic rings. The first-order chi connectivity index (χ1) is 8.38. The molecule has 0 amide bonds. The third-order valence-corrected chi connectivity index (χ3v) is 3.34. The molecule has 1 aromatic rings. The molecule has 0 aliphatic carbocycles. The van der Waals surface area contributed by atoms with Crippen molar-refractivity contribution in [3.63, 3.8) is 0 Å². The normalized spacial score (nSPS) is 20.4. The molecule has 1 aliphatic heterocycles. The standard InChI is InChI=1S/C14H22N2O/c17-11-13-6-4-12(5-7-13)9-15-10-14-3-1-2-8-16-14/h4-7,14-17H,1-3,8-11H2. The Hall–Kier alpha value is -0.900. The molecule has 0 bridgehead atoms. The molecule has 1 saturated heterocycles. The van der Waals surface area contributed by atoms with Crippen LogP contribution in [0.25, 0.3) is 0 Å². The van der Waals surface area contributed by atoms with Crippen LogP contribution < -0.4 is 10.6 Å². The van der Waals surface area contributed by atoms with E-state index in [1.54, 1.807) is 0 Å². The van der Waals surface area contributed by atoms with Crippen molar-refractivity contribution in [3.8, 4) is 0 Å². The second-order valence-corrected chi connectivity index (χ2v) is 4.75. The van der Waals surface area contributed by atoms with E-state index in [2.05, 4.69) is 22.8 Å². The molecular formula is C14H22N2O. The van der Waals surface area contributed by atoms with Gasteiger partial charge in [0.1, 0.15) is 0 Å². The molecule has 1 heterocycles. The second kappa shape index (κ2) is 6.74. The first-order valence-corrected chi connectivity index (χ1v) is 6.51. The summed E-state index contributed by atoms with van der Waals surface area (Å²) in [5.41, 5.74) is 2.25. The maximum Gasteiger partial charge on any atom is 0.0681 e. The monoisotopic (exact) mass is 234 g/mol. The van der Waals surface area contributed by atoms with E-state index in [0.717, 1.165) is 25.2 Å². The number of rotatable bonds is 5. The fourth-order valence-corrected chi connectivity index (χ4v) is 2.25. The molecular weight excluding hydrogens is 212 g/mol. The zero-order chi connectivity index (χ0) is 11.9. The lowest BCUT2D eigenvalue weighted by Gasteiger charge is -2.23. The van der Waals surface area contributed by atoms with Gasteiger partial charge in [0.05, 0.1) is 6.61 Å². The van der Waals surface area contributed by atoms with Crippen LogP contribution in [0.3, 0.4) is 0 Å². The molecule has 2 rings (SSSR count). The lowest BCUT2D eigenvalue weighted by molar-refractivity contribution is 0.282. The summed E-state index contributed by atoms with van der Waals surface area (Å²) in [5.74, 6) is 0. The van der Waals surface area contributed by atoms with Crippen LogP contribution in [0.2, 0.25) is 0 Å². The Morgan fingerprint density at radius 1 is 1.18 bits per heavy atom. The Morgan fingerprint density at radius 3 is 2.59 bits per heavy atom. The lowest BCUT2D eigenvalue weighted by atomic mass is 10.1. The van der Waals surface area contributed by atoms with E-state index >= 15 is 0 Å². The quantitative estimate of drug-likeness (QED) is 0.722. The second-order valence-electron chi connectivity index (χ2n) is 4.75. The zero-order valence-corrected chi connectivity index (χ0v) is 10.3. The Kier molecular flexibility index (Phi) is 4.98. The molecule has 0 radical (unpaired) electrons. The van der Waals surface area contributed by atoms with Crippen LogP contribution >= 0.6 is 0 Å². The van der Waals surface area contributed by atoms with Crippen LogP contribution in [0.5, 0.6) is 0 Å². The Morgan fingerprint density at radius 2 is 1.94 bits per heavy atom. The molecule has 17 heavy (non-hydrogen) atoms. The molecule has 1 fully saturated rings. The van der Waals surface area contributed by atoms with Crippen molar-refractivity contribution in [2.45, 2.75) is 38.5 Å². The van der Waals surface area contributed by atoms with Gasteiger partial charge in [-0.25, -0.2) is 0 Å². The summed E-state index contributed by atoms with van der Waals surface area (Å²) in [5, 5.41) is 16.0. The summed E-state index contributed by atoms with van der Waals surface area (Å²) < 4.78 is 0. The summed E-state index contributed by atoms with van der Waals surface area (Å²) in [6.45, 7) is 3.24. The van der Waals surface area contributed by atoms with Crippen LogP contribution in [0.4, 0.5) is 0 Å². The first kappa shape index (κ1) is 12.6. The first-order valence-electron chi connectivity index (χ1n) is 6.51. The van der Waals surface area contributed by atoms with E-state index < -0.39 is 0 Å². The molecule has 94 valence electrons. The zero-order valence-electron chi connectivity index (χ0n) is 10.3. The summed E-state index contributed by atoms with van der Waals surface area (Å²) in [6, 6.07) is 8.76. The molecule has 1 aromatic carbocycles. The number of aliphatic hydroxyl groups excluding tert-OH is 1. The molecule has 3 N–H and O–H groups in total. The van der Waals surface area contributed by atoms with Gasteiger partial charge in [0.25, 0.3) is 0 Å². The van der Waals surface area contributed by atoms with Crippen LogP contribution in [-0.2, 0) is 13.2 Å². The lowest BCUT2D eigenvalue weighted by Crippen LogP contribution is -2.41. The van der Waals surface area contributed by atoms with Crippen molar-refractivity contribution in [2.75, 3.05) is 13.1 Å². The number of piperidine rings is 1. The fourth-order valence-electron chi connectivity index (χ4n) is 2.25. The van der Waals surface area contributed by atoms with Crippen LogP contribution in [0, 0.1) is 0 Å². The highest BCUT2D eigenvalue weighted by molar-refractivity contribution is 5.21. The van der Waals surface area contributed by atoms with Crippen molar-refractivity contribution in [3.05, 3.63) is 35.4 Å². The number of nitrogens with one attached hydrogen (secondary N) is 2. The van der Waals surface area contributed by atoms with E-state index in [1.165, 1.54) is 24.8 Å². The van der Waals surface area contributed by atoms with Gasteiger partial charge in [-0.2, -0.15) is 0 Å². The van der Waals surface area contributed by atoms with Crippen LogP contribution in [-0.4, -0.2) is 24.2 Å². The van der Waals surface area contributed by atoms with Crippen LogP contribution in [0.1, 0.15) is 30.4 Å². The summed E-state index contributed by atoms with van der Waals surface area (Å²) in [7, 11) is 0. The fraction of sp³-hybridized carbons (Fsp3) is 0.571. The van der Waals surface area contributed by atoms with Crippen molar-refractivity contribution >= 4 is 0 Å². The van der Waals surface area contributed by atoms with Gasteiger partial charge in [-0.05, 0) is 30.5 Å². The summed E-state index contributed by atoms with van der Waals surface area (Å²) >= 11 is 0. The van der Waals surface area contributed by atoms with E-state index in [1.807, 2.05) is 12.1 Å². The average Bonchev–Trinajstić information content (AvgIpc) is 2.41. The molecule has 0 saturated carbocycles. The van der Waals surface area contributed by atoms with Crippen molar-refractivity contribution in [2.24, 2.45) is 0 Å². The largest absolute Gasteiger partial charge is 0.392 e. The van der Waals surface area contributed by atoms with Gasteiger partial charge in [-0.3, -0.25) is 0 Å². The van der Waals surface area contributed by atoms with Gasteiger partial charge in [0.15, 0.2) is 0 Å². The highest BCUT2D eigenvalue weighted by Gasteiger charge is 2.11. The summed E-state index contributed by atoms with van der Waals surface area (Å²) in [4.78, 5) is 0. The molecule has 1 atom stereocenters. The van der Waals surface area contributed by atoms with E-state index in [9.17, 15) is 0 Å².